The highest BCUT2D eigenvalue weighted by atomic mass is 79.9. The number of nitrogens with one attached hydrogen (secondary N) is 1. The van der Waals surface area contributed by atoms with Crippen LogP contribution in [0, 0.1) is 0 Å². The van der Waals surface area contributed by atoms with Crippen molar-refractivity contribution in [3.8, 4) is 0 Å². The number of hydrogen-bond acceptors (Lipinski definition) is 4. The summed E-state index contributed by atoms with van der Waals surface area (Å²) in [5.41, 5.74) is 0.897. The monoisotopic (exact) mass is 333 g/mol. The molecule has 0 aliphatic rings. The SMILES string of the molecule is CCOP(=O)(OCC)/C(Br)=C/Nc1ccccc1. The Morgan fingerprint density at radius 1 is 1.28 bits per heavy atom. The zero-order valence-corrected chi connectivity index (χ0v) is 12.9. The first kappa shape index (κ1) is 15.4. The van der Waals surface area contributed by atoms with E-state index in [-0.39, 0.29) is 0 Å². The lowest BCUT2D eigenvalue weighted by molar-refractivity contribution is 0.228. The van der Waals surface area contributed by atoms with Gasteiger partial charge in [-0.05, 0) is 41.9 Å². The Balaban J connectivity index is 2.77. The smallest absolute Gasteiger partial charge is 0.360 e. The van der Waals surface area contributed by atoms with E-state index in [4.69, 9.17) is 9.05 Å². The van der Waals surface area contributed by atoms with Gasteiger partial charge in [0.2, 0.25) is 0 Å². The average Bonchev–Trinajstić information content (AvgIpc) is 2.37. The van der Waals surface area contributed by atoms with Crippen molar-refractivity contribution in [2.45, 2.75) is 13.8 Å². The van der Waals surface area contributed by atoms with E-state index < -0.39 is 7.60 Å². The lowest BCUT2D eigenvalue weighted by Gasteiger charge is -2.16. The largest absolute Gasteiger partial charge is 0.369 e. The van der Waals surface area contributed by atoms with Gasteiger partial charge in [-0.1, -0.05) is 18.2 Å². The summed E-state index contributed by atoms with van der Waals surface area (Å²) in [5.74, 6) is 0. The fraction of sp³-hybridized carbons (Fsp3) is 0.333. The number of rotatable bonds is 7. The molecule has 0 saturated heterocycles. The molecule has 0 spiro atoms. The summed E-state index contributed by atoms with van der Waals surface area (Å²) in [4.78, 5) is 0. The van der Waals surface area contributed by atoms with Gasteiger partial charge in [-0.25, -0.2) is 0 Å². The van der Waals surface area contributed by atoms with Crippen LogP contribution in [0.2, 0.25) is 0 Å². The number of halogens is 1. The zero-order valence-electron chi connectivity index (χ0n) is 10.4. The third-order valence-corrected chi connectivity index (χ3v) is 5.37. The van der Waals surface area contributed by atoms with Gasteiger partial charge in [0.25, 0.3) is 0 Å². The van der Waals surface area contributed by atoms with Crippen LogP contribution in [-0.4, -0.2) is 13.2 Å². The van der Waals surface area contributed by atoms with Crippen molar-refractivity contribution < 1.29 is 13.6 Å². The summed E-state index contributed by atoms with van der Waals surface area (Å²) in [6, 6.07) is 9.56. The van der Waals surface area contributed by atoms with Crippen molar-refractivity contribution in [2.75, 3.05) is 18.5 Å². The Labute approximate surface area is 116 Å². The van der Waals surface area contributed by atoms with E-state index in [9.17, 15) is 4.57 Å². The van der Waals surface area contributed by atoms with E-state index in [0.29, 0.717) is 17.4 Å². The predicted octanol–water partition coefficient (Wildman–Crippen LogP) is 4.56. The van der Waals surface area contributed by atoms with Crippen LogP contribution in [0.25, 0.3) is 0 Å². The van der Waals surface area contributed by atoms with Gasteiger partial charge in [-0.15, -0.1) is 0 Å². The summed E-state index contributed by atoms with van der Waals surface area (Å²) in [5, 5.41) is 3.03. The Kier molecular flexibility index (Phi) is 6.65. The van der Waals surface area contributed by atoms with E-state index in [1.807, 2.05) is 30.3 Å². The summed E-state index contributed by atoms with van der Waals surface area (Å²) in [6.07, 6.45) is 1.58. The summed E-state index contributed by atoms with van der Waals surface area (Å²) in [7, 11) is -3.23. The van der Waals surface area contributed by atoms with Crippen molar-refractivity contribution in [3.05, 3.63) is 40.8 Å². The maximum atomic E-state index is 12.3. The second-order valence-electron chi connectivity index (χ2n) is 3.31. The quantitative estimate of drug-likeness (QED) is 0.743. The Bertz CT molecular complexity index is 426. The van der Waals surface area contributed by atoms with E-state index in [0.717, 1.165) is 5.69 Å². The average molecular weight is 334 g/mol. The van der Waals surface area contributed by atoms with Crippen LogP contribution in [0.3, 0.4) is 0 Å². The highest BCUT2D eigenvalue weighted by Crippen LogP contribution is 2.58. The second kappa shape index (κ2) is 7.74. The first-order valence-corrected chi connectivity index (χ1v) is 8.03. The van der Waals surface area contributed by atoms with E-state index in [2.05, 4.69) is 21.2 Å². The first-order chi connectivity index (χ1) is 8.62. The first-order valence-electron chi connectivity index (χ1n) is 5.69. The van der Waals surface area contributed by atoms with Crippen molar-refractivity contribution >= 4 is 29.2 Å². The van der Waals surface area contributed by atoms with Gasteiger partial charge in [0.05, 0.1) is 13.2 Å². The van der Waals surface area contributed by atoms with E-state index >= 15 is 0 Å². The molecule has 0 unspecified atom stereocenters. The van der Waals surface area contributed by atoms with Crippen molar-refractivity contribution in [1.82, 2.24) is 0 Å². The molecule has 6 heteroatoms. The molecule has 100 valence electrons. The molecule has 0 aliphatic heterocycles. The molecule has 0 saturated carbocycles. The molecule has 0 amide bonds. The molecule has 0 radical (unpaired) electrons. The van der Waals surface area contributed by atoms with Gasteiger partial charge >= 0.3 is 7.60 Å². The molecule has 1 N–H and O–H groups in total. The molecule has 1 aromatic carbocycles. The standard InChI is InChI=1S/C12H17BrNO3P/c1-3-16-18(15,17-4-2)12(13)10-14-11-8-6-5-7-9-11/h5-10,14H,3-4H2,1-2H3/b12-10+. The van der Waals surface area contributed by atoms with Gasteiger partial charge in [-0.3, -0.25) is 4.57 Å². The highest BCUT2D eigenvalue weighted by Gasteiger charge is 2.27. The number of anilines is 1. The topological polar surface area (TPSA) is 47.6 Å². The normalized spacial score (nSPS) is 12.5. The molecule has 1 rings (SSSR count). The van der Waals surface area contributed by atoms with Crippen LogP contribution < -0.4 is 5.32 Å². The summed E-state index contributed by atoms with van der Waals surface area (Å²) < 4.78 is 23.1. The highest BCUT2D eigenvalue weighted by molar-refractivity contribution is 9.13. The lowest BCUT2D eigenvalue weighted by Crippen LogP contribution is -1.97. The van der Waals surface area contributed by atoms with Gasteiger partial charge in [-0.2, -0.15) is 0 Å². The van der Waals surface area contributed by atoms with Crippen molar-refractivity contribution in [1.29, 1.82) is 0 Å². The molecule has 4 nitrogen and oxygen atoms in total. The van der Waals surface area contributed by atoms with Crippen LogP contribution in [0.15, 0.2) is 40.8 Å². The van der Waals surface area contributed by atoms with Crippen LogP contribution in [0.5, 0.6) is 0 Å². The molecule has 1 aromatic rings. The molecular formula is C12H17BrNO3P. The molecule has 0 fully saturated rings. The number of para-hydroxylation sites is 1. The van der Waals surface area contributed by atoms with Gasteiger partial charge < -0.3 is 14.4 Å². The Morgan fingerprint density at radius 2 is 1.83 bits per heavy atom. The molecule has 0 aromatic heterocycles. The zero-order chi connectivity index (χ0) is 13.4. The van der Waals surface area contributed by atoms with Gasteiger partial charge in [0, 0.05) is 11.9 Å². The maximum Gasteiger partial charge on any atom is 0.369 e. The van der Waals surface area contributed by atoms with Gasteiger partial charge in [0.15, 0.2) is 0 Å². The molecule has 0 heterocycles. The molecular weight excluding hydrogens is 317 g/mol. The Morgan fingerprint density at radius 3 is 2.33 bits per heavy atom. The van der Waals surface area contributed by atoms with Crippen LogP contribution in [0.4, 0.5) is 5.69 Å². The summed E-state index contributed by atoms with van der Waals surface area (Å²) >= 11 is 3.25. The summed E-state index contributed by atoms with van der Waals surface area (Å²) in [6.45, 7) is 4.20. The third kappa shape index (κ3) is 4.58. The van der Waals surface area contributed by atoms with Crippen LogP contribution in [-0.2, 0) is 13.6 Å². The van der Waals surface area contributed by atoms with Gasteiger partial charge in [0.1, 0.15) is 4.22 Å². The molecule has 18 heavy (non-hydrogen) atoms. The second-order valence-corrected chi connectivity index (χ2v) is 6.77. The minimum absolute atomic E-state index is 0.325. The van der Waals surface area contributed by atoms with E-state index in [1.165, 1.54) is 0 Å². The van der Waals surface area contributed by atoms with Crippen LogP contribution in [0.1, 0.15) is 13.8 Å². The lowest BCUT2D eigenvalue weighted by atomic mass is 10.3. The third-order valence-electron chi connectivity index (χ3n) is 1.99. The fourth-order valence-electron chi connectivity index (χ4n) is 1.26. The molecule has 0 aliphatic carbocycles. The van der Waals surface area contributed by atoms with Crippen molar-refractivity contribution in [2.24, 2.45) is 0 Å². The molecule has 0 bridgehead atoms. The fourth-order valence-corrected chi connectivity index (χ4v) is 3.21. The molecule has 0 atom stereocenters. The van der Waals surface area contributed by atoms with E-state index in [1.54, 1.807) is 20.0 Å². The Hall–Kier alpha value is -0.610. The minimum Gasteiger partial charge on any atom is -0.360 e. The minimum atomic E-state index is -3.23. The predicted molar refractivity (Wildman–Crippen MR) is 77.9 cm³/mol. The number of benzene rings is 1. The van der Waals surface area contributed by atoms with Crippen molar-refractivity contribution in [3.63, 3.8) is 0 Å². The van der Waals surface area contributed by atoms with Crippen LogP contribution >= 0.6 is 23.5 Å². The number of hydrogen-bond donors (Lipinski definition) is 1. The maximum absolute atomic E-state index is 12.3.